The maximum atomic E-state index is 13.8. The van der Waals surface area contributed by atoms with Gasteiger partial charge in [0.2, 0.25) is 0 Å². The summed E-state index contributed by atoms with van der Waals surface area (Å²) in [6.45, 7) is 1.79. The maximum absolute atomic E-state index is 13.8. The van der Waals surface area contributed by atoms with Gasteiger partial charge in [0.05, 0.1) is 16.6 Å². The molecule has 100 valence electrons. The van der Waals surface area contributed by atoms with Gasteiger partial charge in [0.1, 0.15) is 11.5 Å². The lowest BCUT2D eigenvalue weighted by Crippen LogP contribution is -1.98. The molecule has 5 heteroatoms. The van der Waals surface area contributed by atoms with Crippen LogP contribution in [0.3, 0.4) is 0 Å². The summed E-state index contributed by atoms with van der Waals surface area (Å²) in [6.07, 6.45) is 2.48. The normalized spacial score (nSPS) is 10.9. The molecule has 0 saturated heterocycles. The average molecular weight is 269 g/mol. The Morgan fingerprint density at radius 2 is 2.00 bits per heavy atom. The molecule has 0 amide bonds. The lowest BCUT2D eigenvalue weighted by Gasteiger charge is -2.05. The number of carbonyl (C=O) groups is 1. The van der Waals surface area contributed by atoms with Crippen molar-refractivity contribution >= 4 is 17.3 Å². The SMILES string of the molecule is Cc1nc(-c2ccccc2F)nc2c1c(C=O)cn2C. The number of fused-ring (bicyclic) bond motifs is 1. The van der Waals surface area contributed by atoms with Crippen molar-refractivity contribution in [2.75, 3.05) is 0 Å². The van der Waals surface area contributed by atoms with Crippen molar-refractivity contribution < 1.29 is 9.18 Å². The number of hydrogen-bond donors (Lipinski definition) is 0. The third-order valence-electron chi connectivity index (χ3n) is 3.27. The molecular weight excluding hydrogens is 257 g/mol. The van der Waals surface area contributed by atoms with Crippen molar-refractivity contribution in [3.8, 4) is 11.4 Å². The fourth-order valence-electron chi connectivity index (χ4n) is 2.34. The summed E-state index contributed by atoms with van der Waals surface area (Å²) >= 11 is 0. The molecule has 0 aliphatic rings. The van der Waals surface area contributed by atoms with Gasteiger partial charge in [-0.15, -0.1) is 0 Å². The lowest BCUT2D eigenvalue weighted by atomic mass is 10.1. The predicted molar refractivity (Wildman–Crippen MR) is 74.0 cm³/mol. The van der Waals surface area contributed by atoms with Crippen LogP contribution in [0.2, 0.25) is 0 Å². The maximum Gasteiger partial charge on any atom is 0.164 e. The number of aromatic nitrogens is 3. The van der Waals surface area contributed by atoms with Crippen LogP contribution in [0.1, 0.15) is 16.1 Å². The van der Waals surface area contributed by atoms with Gasteiger partial charge in [-0.05, 0) is 19.1 Å². The molecule has 0 aliphatic carbocycles. The smallest absolute Gasteiger partial charge is 0.164 e. The molecule has 2 heterocycles. The van der Waals surface area contributed by atoms with E-state index in [-0.39, 0.29) is 5.82 Å². The minimum atomic E-state index is -0.365. The van der Waals surface area contributed by atoms with E-state index in [1.54, 1.807) is 42.9 Å². The molecule has 0 unspecified atom stereocenters. The van der Waals surface area contributed by atoms with Gasteiger partial charge in [-0.2, -0.15) is 0 Å². The van der Waals surface area contributed by atoms with Crippen molar-refractivity contribution in [1.29, 1.82) is 0 Å². The van der Waals surface area contributed by atoms with Gasteiger partial charge in [-0.1, -0.05) is 12.1 Å². The standard InChI is InChI=1S/C15H12FN3O/c1-9-13-10(8-20)7-19(2)15(13)18-14(17-9)11-5-3-4-6-12(11)16/h3-8H,1-2H3. The molecule has 0 saturated carbocycles. The minimum absolute atomic E-state index is 0.326. The molecule has 20 heavy (non-hydrogen) atoms. The molecule has 0 atom stereocenters. The van der Waals surface area contributed by atoms with Crippen LogP contribution in [0.5, 0.6) is 0 Å². The number of carbonyl (C=O) groups excluding carboxylic acids is 1. The van der Waals surface area contributed by atoms with Gasteiger partial charge in [-0.3, -0.25) is 4.79 Å². The van der Waals surface area contributed by atoms with E-state index < -0.39 is 0 Å². The molecule has 0 spiro atoms. The van der Waals surface area contributed by atoms with Crippen LogP contribution in [0.25, 0.3) is 22.4 Å². The number of aryl methyl sites for hydroxylation is 2. The van der Waals surface area contributed by atoms with Crippen LogP contribution in [0.4, 0.5) is 4.39 Å². The topological polar surface area (TPSA) is 47.8 Å². The summed E-state index contributed by atoms with van der Waals surface area (Å²) in [7, 11) is 1.80. The first-order valence-corrected chi connectivity index (χ1v) is 6.15. The van der Waals surface area contributed by atoms with Gasteiger partial charge < -0.3 is 4.57 Å². The Morgan fingerprint density at radius 3 is 2.70 bits per heavy atom. The molecule has 0 aliphatic heterocycles. The fraction of sp³-hybridized carbons (Fsp3) is 0.133. The summed E-state index contributed by atoms with van der Waals surface area (Å²) in [5.41, 5.74) is 2.18. The third kappa shape index (κ3) is 1.79. The Bertz CT molecular complexity index is 823. The van der Waals surface area contributed by atoms with Crippen LogP contribution >= 0.6 is 0 Å². The highest BCUT2D eigenvalue weighted by Crippen LogP contribution is 2.25. The van der Waals surface area contributed by atoms with E-state index in [9.17, 15) is 9.18 Å². The van der Waals surface area contributed by atoms with E-state index in [4.69, 9.17) is 0 Å². The van der Waals surface area contributed by atoms with Crippen molar-refractivity contribution in [3.05, 3.63) is 47.5 Å². The van der Waals surface area contributed by atoms with E-state index in [1.807, 2.05) is 0 Å². The fourth-order valence-corrected chi connectivity index (χ4v) is 2.34. The summed E-state index contributed by atoms with van der Waals surface area (Å²) < 4.78 is 15.6. The number of aldehydes is 1. The number of halogens is 1. The van der Waals surface area contributed by atoms with Crippen molar-refractivity contribution in [3.63, 3.8) is 0 Å². The molecule has 1 aromatic carbocycles. The molecule has 4 nitrogen and oxygen atoms in total. The molecule has 2 aromatic heterocycles. The Kier molecular flexibility index (Phi) is 2.82. The first kappa shape index (κ1) is 12.5. The van der Waals surface area contributed by atoms with E-state index in [1.165, 1.54) is 6.07 Å². The van der Waals surface area contributed by atoms with Crippen LogP contribution in [-0.2, 0) is 7.05 Å². The van der Waals surface area contributed by atoms with Crippen LogP contribution in [0, 0.1) is 12.7 Å². The zero-order chi connectivity index (χ0) is 14.3. The van der Waals surface area contributed by atoms with Crippen LogP contribution in [0.15, 0.2) is 30.5 Å². The van der Waals surface area contributed by atoms with Gasteiger partial charge in [0.15, 0.2) is 12.1 Å². The number of hydrogen-bond acceptors (Lipinski definition) is 3. The summed E-state index contributed by atoms with van der Waals surface area (Å²) in [6, 6.07) is 6.37. The average Bonchev–Trinajstić information content (AvgIpc) is 2.76. The van der Waals surface area contributed by atoms with Crippen molar-refractivity contribution in [2.45, 2.75) is 6.92 Å². The molecule has 0 N–H and O–H groups in total. The molecule has 0 bridgehead atoms. The van der Waals surface area contributed by atoms with E-state index >= 15 is 0 Å². The Balaban J connectivity index is 2.33. The zero-order valence-electron chi connectivity index (χ0n) is 11.1. The second-order valence-corrected chi connectivity index (χ2v) is 4.62. The molecule has 3 rings (SSSR count). The summed E-state index contributed by atoms with van der Waals surface area (Å²) in [4.78, 5) is 19.8. The Morgan fingerprint density at radius 1 is 1.25 bits per heavy atom. The second kappa shape index (κ2) is 4.52. The zero-order valence-corrected chi connectivity index (χ0v) is 11.1. The third-order valence-corrected chi connectivity index (χ3v) is 3.27. The highest BCUT2D eigenvalue weighted by Gasteiger charge is 2.15. The van der Waals surface area contributed by atoms with Crippen LogP contribution in [-0.4, -0.2) is 20.8 Å². The molecular formula is C15H12FN3O. The van der Waals surface area contributed by atoms with Crippen molar-refractivity contribution in [1.82, 2.24) is 14.5 Å². The number of nitrogens with zero attached hydrogens (tertiary/aromatic N) is 3. The predicted octanol–water partition coefficient (Wildman–Crippen LogP) is 2.90. The first-order valence-electron chi connectivity index (χ1n) is 6.15. The molecule has 0 radical (unpaired) electrons. The van der Waals surface area contributed by atoms with Gasteiger partial charge in [0, 0.05) is 18.8 Å². The Labute approximate surface area is 114 Å². The minimum Gasteiger partial charge on any atom is -0.335 e. The monoisotopic (exact) mass is 269 g/mol. The highest BCUT2D eigenvalue weighted by molar-refractivity contribution is 5.97. The Hall–Kier alpha value is -2.56. The van der Waals surface area contributed by atoms with Crippen LogP contribution < -0.4 is 0 Å². The first-order chi connectivity index (χ1) is 9.61. The number of benzene rings is 1. The summed E-state index contributed by atoms with van der Waals surface area (Å²) in [5, 5.41) is 0.711. The summed E-state index contributed by atoms with van der Waals surface area (Å²) in [5.74, 6) is -0.0391. The van der Waals surface area contributed by atoms with E-state index in [2.05, 4.69) is 9.97 Å². The van der Waals surface area contributed by atoms with Gasteiger partial charge in [0.25, 0.3) is 0 Å². The van der Waals surface area contributed by atoms with Gasteiger partial charge in [-0.25, -0.2) is 14.4 Å². The molecule has 0 fully saturated rings. The van der Waals surface area contributed by atoms with Crippen molar-refractivity contribution in [2.24, 2.45) is 7.05 Å². The number of rotatable bonds is 2. The lowest BCUT2D eigenvalue weighted by molar-refractivity contribution is 0.112. The quantitative estimate of drug-likeness (QED) is 0.672. The van der Waals surface area contributed by atoms with Gasteiger partial charge >= 0.3 is 0 Å². The largest absolute Gasteiger partial charge is 0.335 e. The highest BCUT2D eigenvalue weighted by atomic mass is 19.1. The second-order valence-electron chi connectivity index (χ2n) is 4.62. The van der Waals surface area contributed by atoms with E-state index in [0.717, 1.165) is 6.29 Å². The van der Waals surface area contributed by atoms with E-state index in [0.29, 0.717) is 33.7 Å². The molecule has 3 aromatic rings.